The van der Waals surface area contributed by atoms with Crippen molar-refractivity contribution in [3.05, 3.63) is 35.7 Å². The summed E-state index contributed by atoms with van der Waals surface area (Å²) in [6, 6.07) is 5.62. The molecule has 7 unspecified atom stereocenters. The molecule has 0 bridgehead atoms. The normalized spacial score (nSPS) is 25.2. The number of pyridine rings is 1. The second kappa shape index (κ2) is 11.7. The van der Waals surface area contributed by atoms with Crippen molar-refractivity contribution in [3.8, 4) is 0 Å². The standard InChI is InChI=1S/C27H41NO6/c1-17(22(31)19(3)24(33)26(4,5)21(30)12-15-29)10-9-13-27(6)25(34-27)23(32)18(2)16-20-11-7-8-14-28-20/h7-8,11,14-17,19,21-23,25,30-32H,9-10,12-13H2,1-6H3/b18-16+. The van der Waals surface area contributed by atoms with E-state index in [1.165, 1.54) is 0 Å². The molecule has 7 heteroatoms. The van der Waals surface area contributed by atoms with Gasteiger partial charge in [-0.15, -0.1) is 0 Å². The zero-order valence-corrected chi connectivity index (χ0v) is 21.3. The summed E-state index contributed by atoms with van der Waals surface area (Å²) in [4.78, 5) is 27.9. The van der Waals surface area contributed by atoms with E-state index in [4.69, 9.17) is 4.74 Å². The van der Waals surface area contributed by atoms with Crippen molar-refractivity contribution in [2.75, 3.05) is 0 Å². The zero-order valence-electron chi connectivity index (χ0n) is 21.3. The quantitative estimate of drug-likeness (QED) is 0.279. The van der Waals surface area contributed by atoms with Crippen LogP contribution in [-0.4, -0.2) is 62.4 Å². The molecule has 0 radical (unpaired) electrons. The molecule has 1 fully saturated rings. The minimum Gasteiger partial charge on any atom is -0.392 e. The molecule has 1 aromatic heterocycles. The Morgan fingerprint density at radius 2 is 1.94 bits per heavy atom. The van der Waals surface area contributed by atoms with Gasteiger partial charge in [-0.2, -0.15) is 0 Å². The van der Waals surface area contributed by atoms with Crippen LogP contribution in [0.5, 0.6) is 0 Å². The van der Waals surface area contributed by atoms with Crippen molar-refractivity contribution >= 4 is 18.1 Å². The van der Waals surface area contributed by atoms with Gasteiger partial charge in [-0.25, -0.2) is 0 Å². The van der Waals surface area contributed by atoms with Crippen LogP contribution in [0.1, 0.15) is 72.9 Å². The predicted molar refractivity (Wildman–Crippen MR) is 131 cm³/mol. The molecule has 1 aliphatic rings. The van der Waals surface area contributed by atoms with Crippen molar-refractivity contribution in [1.82, 2.24) is 4.98 Å². The van der Waals surface area contributed by atoms with E-state index in [-0.39, 0.29) is 24.2 Å². The maximum atomic E-state index is 12.9. The molecule has 7 atom stereocenters. The molecule has 1 aliphatic heterocycles. The Morgan fingerprint density at radius 1 is 1.26 bits per heavy atom. The number of ether oxygens (including phenoxy) is 1. The van der Waals surface area contributed by atoms with E-state index in [9.17, 15) is 24.9 Å². The summed E-state index contributed by atoms with van der Waals surface area (Å²) >= 11 is 0. The Bertz CT molecular complexity index is 854. The first-order valence-electron chi connectivity index (χ1n) is 12.1. The first-order chi connectivity index (χ1) is 15.8. The average Bonchev–Trinajstić information content (AvgIpc) is 3.48. The fraction of sp³-hybridized carbons (Fsp3) is 0.667. The highest BCUT2D eigenvalue weighted by atomic mass is 16.6. The molecule has 0 aromatic carbocycles. The molecule has 0 spiro atoms. The highest BCUT2D eigenvalue weighted by Crippen LogP contribution is 2.44. The van der Waals surface area contributed by atoms with Crippen molar-refractivity contribution < 1.29 is 29.6 Å². The Balaban J connectivity index is 1.85. The lowest BCUT2D eigenvalue weighted by Gasteiger charge is -2.34. The Morgan fingerprint density at radius 3 is 2.53 bits per heavy atom. The van der Waals surface area contributed by atoms with Crippen LogP contribution in [0, 0.1) is 17.3 Å². The number of aldehydes is 1. The molecule has 2 rings (SSSR count). The van der Waals surface area contributed by atoms with E-state index in [1.807, 2.05) is 45.0 Å². The van der Waals surface area contributed by atoms with Crippen molar-refractivity contribution in [1.29, 1.82) is 0 Å². The maximum Gasteiger partial charge on any atom is 0.146 e. The van der Waals surface area contributed by atoms with Crippen molar-refractivity contribution in [2.45, 2.75) is 97.2 Å². The van der Waals surface area contributed by atoms with Gasteiger partial charge in [0.1, 0.15) is 24.3 Å². The fourth-order valence-corrected chi connectivity index (χ4v) is 4.60. The highest BCUT2D eigenvalue weighted by Gasteiger charge is 2.55. The molecule has 0 aliphatic carbocycles. The number of aromatic nitrogens is 1. The molecule has 1 saturated heterocycles. The van der Waals surface area contributed by atoms with E-state index in [1.54, 1.807) is 27.0 Å². The molecule has 3 N–H and O–H groups in total. The molecule has 0 saturated carbocycles. The van der Waals surface area contributed by atoms with Crippen LogP contribution in [0.2, 0.25) is 0 Å². The summed E-state index contributed by atoms with van der Waals surface area (Å²) in [5.74, 6) is -1.04. The van der Waals surface area contributed by atoms with Crippen LogP contribution in [0.3, 0.4) is 0 Å². The number of rotatable bonds is 14. The van der Waals surface area contributed by atoms with Gasteiger partial charge in [0.25, 0.3) is 0 Å². The molecule has 1 aromatic rings. The van der Waals surface area contributed by atoms with Gasteiger partial charge >= 0.3 is 0 Å². The Labute approximate surface area is 203 Å². The SMILES string of the molecule is C/C(=C\c1ccccn1)C(O)C1OC1(C)CCCC(C)C(O)C(C)C(=O)C(C)(C)C(O)CC=O. The van der Waals surface area contributed by atoms with Gasteiger partial charge in [0, 0.05) is 18.5 Å². The Hall–Kier alpha value is -1.93. The second-order valence-electron chi connectivity index (χ2n) is 10.6. The molecular formula is C27H41NO6. The number of epoxide rings is 1. The largest absolute Gasteiger partial charge is 0.392 e. The second-order valence-corrected chi connectivity index (χ2v) is 10.6. The third-order valence-electron chi connectivity index (χ3n) is 7.39. The maximum absolute atomic E-state index is 12.9. The molecular weight excluding hydrogens is 434 g/mol. The van der Waals surface area contributed by atoms with E-state index in [0.717, 1.165) is 24.1 Å². The van der Waals surface area contributed by atoms with Gasteiger partial charge in [-0.05, 0) is 56.4 Å². The van der Waals surface area contributed by atoms with Gasteiger partial charge in [-0.1, -0.05) is 40.2 Å². The number of ketones is 1. The first kappa shape index (κ1) is 28.3. The molecule has 190 valence electrons. The molecule has 34 heavy (non-hydrogen) atoms. The summed E-state index contributed by atoms with van der Waals surface area (Å²) in [5, 5.41) is 31.6. The van der Waals surface area contributed by atoms with Crippen LogP contribution in [0.15, 0.2) is 30.0 Å². The summed E-state index contributed by atoms with van der Waals surface area (Å²) in [7, 11) is 0. The van der Waals surface area contributed by atoms with E-state index >= 15 is 0 Å². The van der Waals surface area contributed by atoms with Crippen LogP contribution in [0.4, 0.5) is 0 Å². The monoisotopic (exact) mass is 475 g/mol. The van der Waals surface area contributed by atoms with E-state index < -0.39 is 35.2 Å². The minimum absolute atomic E-state index is 0.112. The van der Waals surface area contributed by atoms with Gasteiger partial charge < -0.3 is 24.9 Å². The number of hydrogen-bond donors (Lipinski definition) is 3. The zero-order chi connectivity index (χ0) is 25.7. The number of carbonyl (C=O) groups excluding carboxylic acids is 2. The molecule has 2 heterocycles. The van der Waals surface area contributed by atoms with Crippen LogP contribution >= 0.6 is 0 Å². The average molecular weight is 476 g/mol. The summed E-state index contributed by atoms with van der Waals surface area (Å²) < 4.78 is 5.86. The summed E-state index contributed by atoms with van der Waals surface area (Å²) in [6.45, 7) is 10.7. The smallest absolute Gasteiger partial charge is 0.146 e. The number of nitrogens with zero attached hydrogens (tertiary/aromatic N) is 1. The topological polar surface area (TPSA) is 120 Å². The first-order valence-corrected chi connectivity index (χ1v) is 12.1. The molecule has 0 amide bonds. The van der Waals surface area contributed by atoms with Gasteiger partial charge in [-0.3, -0.25) is 9.78 Å². The van der Waals surface area contributed by atoms with Gasteiger partial charge in [0.05, 0.1) is 28.9 Å². The van der Waals surface area contributed by atoms with Gasteiger partial charge in [0.15, 0.2) is 0 Å². The van der Waals surface area contributed by atoms with Gasteiger partial charge in [0.2, 0.25) is 0 Å². The number of Topliss-reactive ketones (excluding diaryl/α,β-unsaturated/α-hetero) is 1. The van der Waals surface area contributed by atoms with Crippen LogP contribution in [-0.2, 0) is 14.3 Å². The van der Waals surface area contributed by atoms with Crippen LogP contribution in [0.25, 0.3) is 6.08 Å². The van der Waals surface area contributed by atoms with E-state index in [0.29, 0.717) is 12.7 Å². The van der Waals surface area contributed by atoms with Crippen molar-refractivity contribution in [2.24, 2.45) is 17.3 Å². The molecule has 7 nitrogen and oxygen atoms in total. The lowest BCUT2D eigenvalue weighted by Crippen LogP contribution is -2.44. The summed E-state index contributed by atoms with van der Waals surface area (Å²) in [6.07, 6.45) is 3.33. The van der Waals surface area contributed by atoms with E-state index in [2.05, 4.69) is 4.98 Å². The van der Waals surface area contributed by atoms with Crippen molar-refractivity contribution in [3.63, 3.8) is 0 Å². The highest BCUT2D eigenvalue weighted by molar-refractivity contribution is 5.87. The predicted octanol–water partition coefficient (Wildman–Crippen LogP) is 3.35. The lowest BCUT2D eigenvalue weighted by atomic mass is 9.73. The van der Waals surface area contributed by atoms with Crippen LogP contribution < -0.4 is 0 Å². The minimum atomic E-state index is -1.11. The number of aliphatic hydroxyl groups is 3. The third-order valence-corrected chi connectivity index (χ3v) is 7.39. The number of aliphatic hydroxyl groups excluding tert-OH is 3. The fourth-order valence-electron chi connectivity index (χ4n) is 4.60. The summed E-state index contributed by atoms with van der Waals surface area (Å²) in [5.41, 5.74) is 0.0455. The lowest BCUT2D eigenvalue weighted by molar-refractivity contribution is -0.142. The number of carbonyl (C=O) groups is 2. The Kier molecular flexibility index (Phi) is 9.71. The third kappa shape index (κ3) is 6.81. The number of hydrogen-bond acceptors (Lipinski definition) is 7.